The smallest absolute Gasteiger partial charge is 0.192 e. The van der Waals surface area contributed by atoms with Gasteiger partial charge in [-0.15, -0.1) is 0 Å². The van der Waals surface area contributed by atoms with E-state index in [1.807, 2.05) is 20.8 Å². The Labute approximate surface area is 159 Å². The maximum absolute atomic E-state index is 8.97. The minimum atomic E-state index is -1.96. The Bertz CT molecular complexity index is 557. The second-order valence-electron chi connectivity index (χ2n) is 9.63. The quantitative estimate of drug-likeness (QED) is 0.596. The third kappa shape index (κ3) is 4.89. The summed E-state index contributed by atoms with van der Waals surface area (Å²) in [5, 5.41) is 9.09. The van der Waals surface area contributed by atoms with Gasteiger partial charge in [-0.25, -0.2) is 0 Å². The summed E-state index contributed by atoms with van der Waals surface area (Å²) >= 11 is 0. The maximum Gasteiger partial charge on any atom is 0.192 e. The van der Waals surface area contributed by atoms with Gasteiger partial charge in [0.05, 0.1) is 24.9 Å². The first kappa shape index (κ1) is 21.9. The number of hydrogen-bond donors (Lipinski definition) is 1. The summed E-state index contributed by atoms with van der Waals surface area (Å²) in [5.74, 6) is 5.13. The molecule has 0 aliphatic carbocycles. The van der Waals surface area contributed by atoms with Gasteiger partial charge < -0.3 is 23.7 Å². The Morgan fingerprint density at radius 2 is 1.81 bits per heavy atom. The molecule has 2 fully saturated rings. The van der Waals surface area contributed by atoms with Gasteiger partial charge in [0.2, 0.25) is 0 Å². The molecule has 0 saturated carbocycles. The van der Waals surface area contributed by atoms with Gasteiger partial charge in [0, 0.05) is 12.8 Å². The van der Waals surface area contributed by atoms with Gasteiger partial charge >= 0.3 is 0 Å². The average Bonchev–Trinajstić information content (AvgIpc) is 2.48. The van der Waals surface area contributed by atoms with E-state index in [1.165, 1.54) is 0 Å². The molecule has 5 nitrogen and oxygen atoms in total. The molecule has 6 heteroatoms. The van der Waals surface area contributed by atoms with Crippen molar-refractivity contribution in [2.24, 2.45) is 0 Å². The van der Waals surface area contributed by atoms with Crippen LogP contribution in [0.4, 0.5) is 0 Å². The second kappa shape index (κ2) is 7.54. The van der Waals surface area contributed by atoms with E-state index in [1.54, 1.807) is 0 Å². The van der Waals surface area contributed by atoms with Crippen LogP contribution in [-0.4, -0.2) is 56.3 Å². The summed E-state index contributed by atoms with van der Waals surface area (Å²) in [6.45, 7) is 17.5. The summed E-state index contributed by atoms with van der Waals surface area (Å²) in [5.41, 5.74) is -0.506. The molecule has 0 aromatic heterocycles. The molecule has 2 aliphatic rings. The molecule has 0 amide bonds. The van der Waals surface area contributed by atoms with Crippen LogP contribution < -0.4 is 0 Å². The van der Waals surface area contributed by atoms with Crippen LogP contribution in [0.3, 0.4) is 0 Å². The predicted octanol–water partition coefficient (Wildman–Crippen LogP) is 3.46. The summed E-state index contributed by atoms with van der Waals surface area (Å²) < 4.78 is 25.2. The molecule has 0 spiro atoms. The van der Waals surface area contributed by atoms with Gasteiger partial charge in [0.15, 0.2) is 14.1 Å². The molecule has 0 aromatic rings. The molecule has 0 bridgehead atoms. The summed E-state index contributed by atoms with van der Waals surface area (Å²) in [6.07, 6.45) is 0.990. The fourth-order valence-electron chi connectivity index (χ4n) is 3.18. The maximum atomic E-state index is 8.97. The first-order valence-corrected chi connectivity index (χ1v) is 12.4. The van der Waals surface area contributed by atoms with E-state index in [0.29, 0.717) is 13.0 Å². The molecular formula is C20H36O5Si. The first-order valence-electron chi connectivity index (χ1n) is 9.54. The molecule has 2 heterocycles. The van der Waals surface area contributed by atoms with Crippen molar-refractivity contribution < 1.29 is 23.7 Å². The van der Waals surface area contributed by atoms with Crippen molar-refractivity contribution in [2.75, 3.05) is 13.2 Å². The lowest BCUT2D eigenvalue weighted by atomic mass is 9.86. The average molecular weight is 385 g/mol. The topological polar surface area (TPSA) is 57.2 Å². The van der Waals surface area contributed by atoms with Crippen molar-refractivity contribution in [3.63, 3.8) is 0 Å². The SMILES string of the molecule is CC1(C)OC[C@]2(C)O[C@H](CC#CCO)[C@@H](O[Si](C)(C)C(C)(C)C)C[C@H]2O1. The minimum absolute atomic E-state index is 0.0733. The molecule has 150 valence electrons. The van der Waals surface area contributed by atoms with Crippen molar-refractivity contribution in [1.82, 2.24) is 0 Å². The zero-order chi connectivity index (χ0) is 19.8. The molecule has 2 aliphatic heterocycles. The predicted molar refractivity (Wildman–Crippen MR) is 104 cm³/mol. The van der Waals surface area contributed by atoms with Crippen molar-refractivity contribution in [1.29, 1.82) is 0 Å². The highest BCUT2D eigenvalue weighted by Gasteiger charge is 2.54. The molecule has 1 N–H and O–H groups in total. The van der Waals surface area contributed by atoms with Crippen molar-refractivity contribution in [2.45, 2.75) is 102 Å². The minimum Gasteiger partial charge on any atom is -0.411 e. The van der Waals surface area contributed by atoms with E-state index in [-0.39, 0.29) is 30.0 Å². The molecule has 26 heavy (non-hydrogen) atoms. The van der Waals surface area contributed by atoms with Gasteiger partial charge in [0.25, 0.3) is 0 Å². The lowest BCUT2D eigenvalue weighted by Crippen LogP contribution is -2.65. The molecule has 0 aromatic carbocycles. The van der Waals surface area contributed by atoms with Gasteiger partial charge in [-0.2, -0.15) is 0 Å². The molecular weight excluding hydrogens is 348 g/mol. The first-order chi connectivity index (χ1) is 11.8. The highest BCUT2D eigenvalue weighted by Crippen LogP contribution is 2.44. The van der Waals surface area contributed by atoms with E-state index < -0.39 is 19.7 Å². The van der Waals surface area contributed by atoms with Gasteiger partial charge in [-0.1, -0.05) is 32.6 Å². The van der Waals surface area contributed by atoms with Crippen molar-refractivity contribution >= 4 is 8.32 Å². The van der Waals surface area contributed by atoms with Gasteiger partial charge in [-0.3, -0.25) is 0 Å². The van der Waals surface area contributed by atoms with Crippen LogP contribution in [0.2, 0.25) is 18.1 Å². The fourth-order valence-corrected chi connectivity index (χ4v) is 4.54. The Kier molecular flexibility index (Phi) is 6.34. The highest BCUT2D eigenvalue weighted by atomic mass is 28.4. The third-order valence-corrected chi connectivity index (χ3v) is 10.4. The Hall–Kier alpha value is -0.423. The fraction of sp³-hybridized carbons (Fsp3) is 0.900. The lowest BCUT2D eigenvalue weighted by Gasteiger charge is -2.54. The molecule has 2 rings (SSSR count). The summed E-state index contributed by atoms with van der Waals surface area (Å²) in [4.78, 5) is 0. The van der Waals surface area contributed by atoms with Crippen LogP contribution in [-0.2, 0) is 18.6 Å². The number of hydrogen-bond acceptors (Lipinski definition) is 5. The van der Waals surface area contributed by atoms with Crippen LogP contribution in [0.1, 0.15) is 54.4 Å². The molecule has 0 unspecified atom stereocenters. The second-order valence-corrected chi connectivity index (χ2v) is 14.4. The molecule has 4 atom stereocenters. The van der Waals surface area contributed by atoms with Crippen molar-refractivity contribution in [3.05, 3.63) is 0 Å². The number of ether oxygens (including phenoxy) is 3. The monoisotopic (exact) mass is 384 g/mol. The Balaban J connectivity index is 2.24. The van der Waals surface area contributed by atoms with Gasteiger partial charge in [0.1, 0.15) is 12.2 Å². The summed E-state index contributed by atoms with van der Waals surface area (Å²) in [7, 11) is -1.96. The van der Waals surface area contributed by atoms with E-state index in [9.17, 15) is 0 Å². The Morgan fingerprint density at radius 1 is 1.15 bits per heavy atom. The number of rotatable bonds is 3. The van der Waals surface area contributed by atoms with E-state index in [4.69, 9.17) is 23.7 Å². The number of aliphatic hydroxyl groups excluding tert-OH is 1. The standard InChI is InChI=1S/C20H36O5Si/c1-18(2,3)26(7,8)25-16-13-17-20(6,14-22-19(4,5)24-17)23-15(16)11-9-10-12-21/h15-17,21H,11-14H2,1-8H3/t15-,16+,17-,20+/m1/s1. The van der Waals surface area contributed by atoms with Crippen molar-refractivity contribution in [3.8, 4) is 11.8 Å². The zero-order valence-electron chi connectivity index (χ0n) is 17.6. The molecule has 2 saturated heterocycles. The van der Waals surface area contributed by atoms with Gasteiger partial charge in [-0.05, 0) is 38.9 Å². The Morgan fingerprint density at radius 3 is 2.38 bits per heavy atom. The van der Waals surface area contributed by atoms with Crippen LogP contribution in [0.5, 0.6) is 0 Å². The third-order valence-electron chi connectivity index (χ3n) is 5.85. The van der Waals surface area contributed by atoms with E-state index in [0.717, 1.165) is 6.42 Å². The van der Waals surface area contributed by atoms with Crippen LogP contribution >= 0.6 is 0 Å². The summed E-state index contributed by atoms with van der Waals surface area (Å²) in [6, 6.07) is 0. The number of fused-ring (bicyclic) bond motifs is 1. The molecule has 0 radical (unpaired) electrons. The largest absolute Gasteiger partial charge is 0.411 e. The highest BCUT2D eigenvalue weighted by molar-refractivity contribution is 6.74. The zero-order valence-corrected chi connectivity index (χ0v) is 18.6. The van der Waals surface area contributed by atoms with Crippen LogP contribution in [0.25, 0.3) is 0 Å². The van der Waals surface area contributed by atoms with Crippen LogP contribution in [0, 0.1) is 11.8 Å². The number of aliphatic hydroxyl groups is 1. The normalized spacial score (nSPS) is 34.6. The van der Waals surface area contributed by atoms with E-state index >= 15 is 0 Å². The van der Waals surface area contributed by atoms with Crippen LogP contribution in [0.15, 0.2) is 0 Å². The van der Waals surface area contributed by atoms with E-state index in [2.05, 4.69) is 45.7 Å². The lowest BCUT2D eigenvalue weighted by molar-refractivity contribution is -0.365.